The molecule has 0 spiro atoms. The van der Waals surface area contributed by atoms with E-state index in [-0.39, 0.29) is 27.5 Å². The molecule has 4 atom stereocenters. The summed E-state index contributed by atoms with van der Waals surface area (Å²) < 4.78 is 22.2. The van der Waals surface area contributed by atoms with E-state index in [1.54, 1.807) is 11.3 Å². The summed E-state index contributed by atoms with van der Waals surface area (Å²) in [6, 6.07) is 3.43. The van der Waals surface area contributed by atoms with E-state index in [4.69, 9.17) is 18.3 Å². The fourth-order valence-electron chi connectivity index (χ4n) is 5.35. The second-order valence-corrected chi connectivity index (χ2v) is 23.5. The molecule has 1 aromatic heterocycles. The van der Waals surface area contributed by atoms with Crippen molar-refractivity contribution in [1.82, 2.24) is 4.98 Å². The molecule has 2 aliphatic heterocycles. The summed E-state index contributed by atoms with van der Waals surface area (Å²) in [5.74, 6) is 0. The number of nitrogens with zero attached hydrogens (tertiary/aromatic N) is 1. The van der Waals surface area contributed by atoms with E-state index < -0.39 is 16.9 Å². The third-order valence-electron chi connectivity index (χ3n) is 7.09. The quantitative estimate of drug-likeness (QED) is 0.327. The van der Waals surface area contributed by atoms with Crippen molar-refractivity contribution in [2.75, 3.05) is 6.61 Å². The van der Waals surface area contributed by atoms with Gasteiger partial charge in [0, 0.05) is 15.5 Å². The van der Waals surface area contributed by atoms with Crippen LogP contribution in [0.5, 0.6) is 0 Å². The van der Waals surface area contributed by atoms with E-state index >= 15 is 0 Å². The highest BCUT2D eigenvalue weighted by Gasteiger charge is 2.65. The summed E-state index contributed by atoms with van der Waals surface area (Å²) >= 11 is 7.24. The zero-order valence-electron chi connectivity index (χ0n) is 20.6. The molecule has 0 aromatic carbocycles. The van der Waals surface area contributed by atoms with Crippen molar-refractivity contribution in [3.63, 3.8) is 0 Å². The highest BCUT2D eigenvalue weighted by atomic mass is 79.9. The van der Waals surface area contributed by atoms with Gasteiger partial charge in [-0.3, -0.25) is 0 Å². The van der Waals surface area contributed by atoms with Crippen LogP contribution in [-0.4, -0.2) is 45.9 Å². The van der Waals surface area contributed by atoms with E-state index in [9.17, 15) is 0 Å². The molecule has 2 fully saturated rings. The van der Waals surface area contributed by atoms with Crippen molar-refractivity contribution in [3.8, 4) is 0 Å². The van der Waals surface area contributed by atoms with E-state index in [2.05, 4.69) is 83.6 Å². The van der Waals surface area contributed by atoms with Gasteiger partial charge >= 0.3 is 8.56 Å². The Morgan fingerprint density at radius 3 is 2.16 bits per heavy atom. The lowest BCUT2D eigenvalue weighted by Gasteiger charge is -2.54. The van der Waals surface area contributed by atoms with Crippen LogP contribution in [0.4, 0.5) is 0 Å². The Balaban J connectivity index is 2.03. The number of hydrogen-bond acceptors (Lipinski definition) is 6. The van der Waals surface area contributed by atoms with Crippen LogP contribution < -0.4 is 0 Å². The van der Waals surface area contributed by atoms with Crippen LogP contribution in [-0.2, 0) is 13.3 Å². The average molecular weight is 567 g/mol. The van der Waals surface area contributed by atoms with Gasteiger partial charge in [0.2, 0.25) is 0 Å². The fourth-order valence-corrected chi connectivity index (χ4v) is 16.5. The van der Waals surface area contributed by atoms with Gasteiger partial charge in [0.05, 0.1) is 29.3 Å². The number of rotatable bonds is 6. The second-order valence-electron chi connectivity index (χ2n) is 10.9. The highest BCUT2D eigenvalue weighted by molar-refractivity contribution is 9.10. The first kappa shape index (κ1) is 26.4. The van der Waals surface area contributed by atoms with Crippen LogP contribution in [0, 0.1) is 0 Å². The van der Waals surface area contributed by atoms with Gasteiger partial charge in [-0.25, -0.2) is 4.98 Å². The summed E-state index contributed by atoms with van der Waals surface area (Å²) in [7, 11) is -4.37. The Hall–Kier alpha value is 0.774. The van der Waals surface area contributed by atoms with Crippen LogP contribution in [0.25, 0.3) is 0 Å². The topological polar surface area (TPSA) is 40.6 Å². The van der Waals surface area contributed by atoms with Crippen LogP contribution in [0.3, 0.4) is 0 Å². The Kier molecular flexibility index (Phi) is 8.03. The molecule has 0 radical (unpaired) electrons. The number of thioether (sulfide) groups is 1. The van der Waals surface area contributed by atoms with Gasteiger partial charge < -0.3 is 13.3 Å². The minimum Gasteiger partial charge on any atom is -0.410 e. The summed E-state index contributed by atoms with van der Waals surface area (Å²) in [6.07, 6.45) is 0.105. The summed E-state index contributed by atoms with van der Waals surface area (Å²) in [4.78, 5) is 4.81. The van der Waals surface area contributed by atoms with Gasteiger partial charge in [-0.1, -0.05) is 62.3 Å². The number of aromatic nitrogens is 1. The van der Waals surface area contributed by atoms with Gasteiger partial charge in [-0.15, -0.1) is 23.1 Å². The molecule has 4 nitrogen and oxygen atoms in total. The van der Waals surface area contributed by atoms with Crippen molar-refractivity contribution < 1.29 is 13.3 Å². The molecule has 3 heterocycles. The molecule has 0 saturated carbocycles. The molecule has 0 unspecified atom stereocenters. The van der Waals surface area contributed by atoms with E-state index in [1.807, 2.05) is 11.8 Å². The lowest BCUT2D eigenvalue weighted by atomic mass is 10.1. The molecule has 3 rings (SSSR count). The molecule has 9 heteroatoms. The maximum atomic E-state index is 7.24. The largest absolute Gasteiger partial charge is 0.410 e. The SMILES string of the molecule is CC[Si](CC)(CC)O[C@@H]1[C@@H]2O[Si](C(C)(C)C)(C(C)(C)C)OC[C@H]2S[C@H]1c1nc(Br)cs1. The number of halogens is 1. The normalized spacial score (nSPS) is 29.2. The van der Waals surface area contributed by atoms with Crippen LogP contribution in [0.1, 0.15) is 72.6 Å². The third-order valence-corrected chi connectivity index (χ3v) is 20.2. The standard InChI is InChI=1S/C22H40BrNO3S2Si2/c1-10-30(11-2,12-3)26-18-17-15(29-19(18)20-24-16(23)14-28-20)13-25-31(27-17,21(4,5)6)22(7,8)9/h14-15,17-19H,10-13H2,1-9H3/t15-,17-,18-,19-/m1/s1. The average Bonchev–Trinajstić information content (AvgIpc) is 3.27. The third kappa shape index (κ3) is 4.81. The maximum absolute atomic E-state index is 7.24. The smallest absolute Gasteiger partial charge is 0.349 e. The second kappa shape index (κ2) is 9.43. The van der Waals surface area contributed by atoms with E-state index in [1.165, 1.54) is 0 Å². The lowest BCUT2D eigenvalue weighted by molar-refractivity contribution is -0.0275. The Morgan fingerprint density at radius 2 is 1.71 bits per heavy atom. The molecule has 2 saturated heterocycles. The number of hydrogen-bond donors (Lipinski definition) is 0. The Bertz CT molecular complexity index is 738. The fraction of sp³-hybridized carbons (Fsp3) is 0.864. The zero-order chi connectivity index (χ0) is 23.2. The summed E-state index contributed by atoms with van der Waals surface area (Å²) in [6.45, 7) is 21.4. The van der Waals surface area contributed by atoms with Crippen LogP contribution in [0.2, 0.25) is 28.2 Å². The molecule has 0 bridgehead atoms. The van der Waals surface area contributed by atoms with E-state index in [0.29, 0.717) is 5.25 Å². The Morgan fingerprint density at radius 1 is 1.13 bits per heavy atom. The molecule has 0 amide bonds. The first-order chi connectivity index (χ1) is 14.3. The predicted octanol–water partition coefficient (Wildman–Crippen LogP) is 7.91. The van der Waals surface area contributed by atoms with Gasteiger partial charge in [0.15, 0.2) is 8.32 Å². The highest BCUT2D eigenvalue weighted by Crippen LogP contribution is 2.59. The predicted molar refractivity (Wildman–Crippen MR) is 142 cm³/mol. The molecular weight excluding hydrogens is 526 g/mol. The van der Waals surface area contributed by atoms with Gasteiger partial charge in [-0.2, -0.15) is 0 Å². The van der Waals surface area contributed by atoms with Crippen LogP contribution >= 0.6 is 39.0 Å². The lowest BCUT2D eigenvalue weighted by Crippen LogP contribution is -2.65. The van der Waals surface area contributed by atoms with Crippen LogP contribution in [0.15, 0.2) is 9.98 Å². The maximum Gasteiger partial charge on any atom is 0.349 e. The van der Waals surface area contributed by atoms with Crippen molar-refractivity contribution in [2.45, 2.75) is 113 Å². The minimum absolute atomic E-state index is 0.0253. The van der Waals surface area contributed by atoms with Crippen molar-refractivity contribution in [1.29, 1.82) is 0 Å². The first-order valence-corrected chi connectivity index (χ1v) is 18.5. The molecule has 1 aromatic rings. The van der Waals surface area contributed by atoms with Crippen molar-refractivity contribution in [2.24, 2.45) is 0 Å². The Labute approximate surface area is 208 Å². The first-order valence-electron chi connectivity index (χ1n) is 11.6. The minimum atomic E-state index is -2.55. The molecule has 0 N–H and O–H groups in total. The molecule has 31 heavy (non-hydrogen) atoms. The zero-order valence-corrected chi connectivity index (χ0v) is 25.8. The molecule has 0 aliphatic carbocycles. The van der Waals surface area contributed by atoms with Gasteiger partial charge in [-0.05, 0) is 34.1 Å². The van der Waals surface area contributed by atoms with E-state index in [0.717, 1.165) is 34.3 Å². The van der Waals surface area contributed by atoms with Gasteiger partial charge in [0.1, 0.15) is 9.61 Å². The molecule has 2 aliphatic rings. The summed E-state index contributed by atoms with van der Waals surface area (Å²) in [5.41, 5.74) is 0. The number of thiazole rings is 1. The molecule has 178 valence electrons. The molecular formula is C22H40BrNO3S2Si2. The van der Waals surface area contributed by atoms with Crippen molar-refractivity contribution in [3.05, 3.63) is 15.0 Å². The van der Waals surface area contributed by atoms with Gasteiger partial charge in [0.25, 0.3) is 0 Å². The summed E-state index contributed by atoms with van der Waals surface area (Å²) in [5, 5.41) is 3.67. The van der Waals surface area contributed by atoms with Crippen molar-refractivity contribution >= 4 is 55.9 Å². The number of fused-ring (bicyclic) bond motifs is 1. The monoisotopic (exact) mass is 565 g/mol.